The molecular weight excluding hydrogens is 362 g/mol. The van der Waals surface area contributed by atoms with Gasteiger partial charge in [-0.25, -0.2) is 0 Å². The lowest BCUT2D eigenvalue weighted by Gasteiger charge is -2.06. The molecule has 7 heteroatoms. The summed E-state index contributed by atoms with van der Waals surface area (Å²) in [6.45, 7) is -0.0337. The first-order valence-corrected chi connectivity index (χ1v) is 7.42. The summed E-state index contributed by atoms with van der Waals surface area (Å²) in [5.74, 6) is 4.71. The van der Waals surface area contributed by atoms with Crippen LogP contribution in [0.2, 0.25) is 10.0 Å². The van der Waals surface area contributed by atoms with Gasteiger partial charge in [-0.15, -0.1) is 0 Å². The monoisotopic (exact) mass is 371 g/mol. The summed E-state index contributed by atoms with van der Waals surface area (Å²) in [5.41, 5.74) is -0.322. The summed E-state index contributed by atoms with van der Waals surface area (Å²) in [4.78, 5) is 11.9. The summed E-state index contributed by atoms with van der Waals surface area (Å²) < 4.78 is 37.8. The van der Waals surface area contributed by atoms with Crippen LogP contribution in [0.5, 0.6) is 0 Å². The van der Waals surface area contributed by atoms with Crippen LogP contribution in [0.25, 0.3) is 0 Å². The number of hydrogen-bond acceptors (Lipinski definition) is 1. The van der Waals surface area contributed by atoms with Crippen LogP contribution >= 0.6 is 23.2 Å². The van der Waals surface area contributed by atoms with Gasteiger partial charge in [-0.05, 0) is 36.4 Å². The highest BCUT2D eigenvalue weighted by Gasteiger charge is 2.30. The second-order valence-corrected chi connectivity index (χ2v) is 5.53. The van der Waals surface area contributed by atoms with Crippen molar-refractivity contribution in [2.45, 2.75) is 6.18 Å². The van der Waals surface area contributed by atoms with E-state index in [0.29, 0.717) is 5.02 Å². The average Bonchev–Trinajstić information content (AvgIpc) is 2.51. The zero-order valence-electron chi connectivity index (χ0n) is 12.0. The smallest absolute Gasteiger partial charge is 0.341 e. The molecule has 24 heavy (non-hydrogen) atoms. The van der Waals surface area contributed by atoms with Crippen LogP contribution in [0.3, 0.4) is 0 Å². The molecule has 0 spiro atoms. The SMILES string of the molecule is O=C(NCC#Cc1cccc(C(F)(F)F)c1)c1ccc(Cl)cc1Cl. The van der Waals surface area contributed by atoms with E-state index in [1.54, 1.807) is 0 Å². The molecule has 0 aliphatic heterocycles. The molecule has 0 heterocycles. The van der Waals surface area contributed by atoms with E-state index in [0.717, 1.165) is 12.1 Å². The molecule has 0 fully saturated rings. The van der Waals surface area contributed by atoms with Gasteiger partial charge in [0.25, 0.3) is 5.91 Å². The maximum Gasteiger partial charge on any atom is 0.416 e. The molecule has 0 saturated heterocycles. The summed E-state index contributed by atoms with van der Waals surface area (Å²) >= 11 is 11.6. The average molecular weight is 372 g/mol. The highest BCUT2D eigenvalue weighted by Crippen LogP contribution is 2.29. The van der Waals surface area contributed by atoms with E-state index in [4.69, 9.17) is 23.2 Å². The van der Waals surface area contributed by atoms with E-state index in [2.05, 4.69) is 17.2 Å². The highest BCUT2D eigenvalue weighted by molar-refractivity contribution is 6.36. The van der Waals surface area contributed by atoms with Crippen molar-refractivity contribution in [1.82, 2.24) is 5.32 Å². The Labute approximate surface area is 146 Å². The molecule has 0 bridgehead atoms. The summed E-state index contributed by atoms with van der Waals surface area (Å²) in [5, 5.41) is 3.12. The Morgan fingerprint density at radius 2 is 1.88 bits per heavy atom. The number of benzene rings is 2. The Balaban J connectivity index is 2.00. The van der Waals surface area contributed by atoms with Crippen LogP contribution in [-0.4, -0.2) is 12.5 Å². The van der Waals surface area contributed by atoms with Gasteiger partial charge < -0.3 is 5.32 Å². The molecule has 0 aliphatic carbocycles. The third kappa shape index (κ3) is 4.92. The first-order valence-electron chi connectivity index (χ1n) is 6.67. The van der Waals surface area contributed by atoms with Crippen LogP contribution in [0.4, 0.5) is 13.2 Å². The molecule has 2 aromatic rings. The van der Waals surface area contributed by atoms with Crippen molar-refractivity contribution in [1.29, 1.82) is 0 Å². The Kier molecular flexibility index (Phi) is 5.76. The van der Waals surface area contributed by atoms with Crippen molar-refractivity contribution in [2.24, 2.45) is 0 Å². The maximum absolute atomic E-state index is 12.6. The van der Waals surface area contributed by atoms with Gasteiger partial charge in [-0.3, -0.25) is 4.79 Å². The molecule has 0 aliphatic rings. The summed E-state index contributed by atoms with van der Waals surface area (Å²) in [6.07, 6.45) is -4.42. The first kappa shape index (κ1) is 18.2. The third-order valence-electron chi connectivity index (χ3n) is 2.94. The fraction of sp³-hybridized carbons (Fsp3) is 0.118. The van der Waals surface area contributed by atoms with Crippen molar-refractivity contribution in [2.75, 3.05) is 6.54 Å². The number of carbonyl (C=O) groups excluding carboxylic acids is 1. The predicted molar refractivity (Wildman–Crippen MR) is 87.1 cm³/mol. The quantitative estimate of drug-likeness (QED) is 0.755. The van der Waals surface area contributed by atoms with Gasteiger partial charge in [0.1, 0.15) is 0 Å². The highest BCUT2D eigenvalue weighted by atomic mass is 35.5. The molecule has 0 radical (unpaired) electrons. The minimum absolute atomic E-state index is 0.0337. The molecule has 124 valence electrons. The normalized spacial score (nSPS) is 10.7. The van der Waals surface area contributed by atoms with Gasteiger partial charge >= 0.3 is 6.18 Å². The lowest BCUT2D eigenvalue weighted by Crippen LogP contribution is -2.23. The third-order valence-corrected chi connectivity index (χ3v) is 3.48. The molecule has 0 atom stereocenters. The standard InChI is InChI=1S/C17H10Cl2F3NO/c18-13-6-7-14(15(19)10-13)16(24)23-8-2-4-11-3-1-5-12(9-11)17(20,21)22/h1,3,5-7,9-10H,8H2,(H,23,24). The van der Waals surface area contributed by atoms with Gasteiger partial charge in [-0.1, -0.05) is 41.1 Å². The molecule has 0 unspecified atom stereocenters. The van der Waals surface area contributed by atoms with Gasteiger partial charge in [-0.2, -0.15) is 13.2 Å². The minimum Gasteiger partial charge on any atom is -0.341 e. The number of carbonyl (C=O) groups is 1. The zero-order chi connectivity index (χ0) is 17.7. The number of hydrogen-bond donors (Lipinski definition) is 1. The largest absolute Gasteiger partial charge is 0.416 e. The zero-order valence-corrected chi connectivity index (χ0v) is 13.6. The second-order valence-electron chi connectivity index (χ2n) is 4.69. The van der Waals surface area contributed by atoms with E-state index in [-0.39, 0.29) is 22.7 Å². The van der Waals surface area contributed by atoms with Crippen molar-refractivity contribution < 1.29 is 18.0 Å². The van der Waals surface area contributed by atoms with Crippen LogP contribution in [0, 0.1) is 11.8 Å². The van der Waals surface area contributed by atoms with Crippen molar-refractivity contribution in [3.8, 4) is 11.8 Å². The number of nitrogens with one attached hydrogen (secondary N) is 1. The Morgan fingerprint density at radius 1 is 1.12 bits per heavy atom. The van der Waals surface area contributed by atoms with Crippen LogP contribution in [0.15, 0.2) is 42.5 Å². The van der Waals surface area contributed by atoms with E-state index in [9.17, 15) is 18.0 Å². The number of rotatable bonds is 2. The Bertz CT molecular complexity index is 823. The second kappa shape index (κ2) is 7.61. The van der Waals surface area contributed by atoms with E-state index in [1.165, 1.54) is 30.3 Å². The van der Waals surface area contributed by atoms with Crippen molar-refractivity contribution in [3.05, 3.63) is 69.2 Å². The van der Waals surface area contributed by atoms with E-state index < -0.39 is 17.6 Å². The van der Waals surface area contributed by atoms with Gasteiger partial charge in [0, 0.05) is 10.6 Å². The van der Waals surface area contributed by atoms with Gasteiger partial charge in [0.15, 0.2) is 0 Å². The topological polar surface area (TPSA) is 29.1 Å². The Morgan fingerprint density at radius 3 is 2.54 bits per heavy atom. The Hall–Kier alpha value is -2.16. The molecule has 0 aromatic heterocycles. The predicted octanol–water partition coefficient (Wildman–Crippen LogP) is 4.79. The van der Waals surface area contributed by atoms with Crippen LogP contribution < -0.4 is 5.32 Å². The molecule has 2 rings (SSSR count). The molecule has 0 saturated carbocycles. The number of amides is 1. The lowest BCUT2D eigenvalue weighted by molar-refractivity contribution is -0.137. The molecular formula is C17H10Cl2F3NO. The minimum atomic E-state index is -4.42. The van der Waals surface area contributed by atoms with Gasteiger partial charge in [0.2, 0.25) is 0 Å². The van der Waals surface area contributed by atoms with E-state index >= 15 is 0 Å². The molecule has 1 amide bonds. The molecule has 2 aromatic carbocycles. The fourth-order valence-corrected chi connectivity index (χ4v) is 2.31. The first-order chi connectivity index (χ1) is 11.3. The molecule has 2 nitrogen and oxygen atoms in total. The van der Waals surface area contributed by atoms with Crippen LogP contribution in [-0.2, 0) is 6.18 Å². The number of halogens is 5. The van der Waals surface area contributed by atoms with E-state index in [1.807, 2.05) is 0 Å². The van der Waals surface area contributed by atoms with Crippen molar-refractivity contribution in [3.63, 3.8) is 0 Å². The van der Waals surface area contributed by atoms with Gasteiger partial charge in [0.05, 0.1) is 22.7 Å². The summed E-state index contributed by atoms with van der Waals surface area (Å²) in [6, 6.07) is 9.09. The number of alkyl halides is 3. The van der Waals surface area contributed by atoms with Crippen molar-refractivity contribution >= 4 is 29.1 Å². The lowest BCUT2D eigenvalue weighted by atomic mass is 10.1. The maximum atomic E-state index is 12.6. The fourth-order valence-electron chi connectivity index (χ4n) is 1.81. The summed E-state index contributed by atoms with van der Waals surface area (Å²) in [7, 11) is 0. The molecule has 1 N–H and O–H groups in total. The van der Waals surface area contributed by atoms with Crippen LogP contribution in [0.1, 0.15) is 21.5 Å².